The van der Waals surface area contributed by atoms with Crippen LogP contribution >= 0.6 is 0 Å². The van der Waals surface area contributed by atoms with Gasteiger partial charge in [0.15, 0.2) is 5.54 Å². The first kappa shape index (κ1) is 22.6. The molecule has 0 fully saturated rings. The highest BCUT2D eigenvalue weighted by Gasteiger charge is 2.44. The molecule has 1 aliphatic heterocycles. The van der Waals surface area contributed by atoms with Crippen LogP contribution in [0.3, 0.4) is 0 Å². The summed E-state index contributed by atoms with van der Waals surface area (Å²) < 4.78 is 76.7. The molecule has 6 nitrogen and oxygen atoms in total. The molecule has 0 saturated carbocycles. The summed E-state index contributed by atoms with van der Waals surface area (Å²) >= 11 is 0. The summed E-state index contributed by atoms with van der Waals surface area (Å²) in [5, 5.41) is 2.64. The molecule has 0 spiro atoms. The van der Waals surface area contributed by atoms with Crippen LogP contribution in [-0.4, -0.2) is 36.0 Å². The lowest BCUT2D eigenvalue weighted by molar-refractivity contribution is -0.140. The highest BCUT2D eigenvalue weighted by Crippen LogP contribution is 2.31. The number of amides is 1. The van der Waals surface area contributed by atoms with E-state index in [2.05, 4.69) is 15.0 Å². The third-order valence-electron chi connectivity index (χ3n) is 4.23. The van der Waals surface area contributed by atoms with Crippen LogP contribution in [0.15, 0.2) is 4.99 Å². The van der Waals surface area contributed by atoms with Crippen LogP contribution in [0, 0.1) is 35.0 Å². The molecule has 1 heterocycles. The first-order valence-corrected chi connectivity index (χ1v) is 8.68. The van der Waals surface area contributed by atoms with Crippen LogP contribution in [0.5, 0.6) is 5.75 Å². The van der Waals surface area contributed by atoms with Crippen molar-refractivity contribution < 1.29 is 41.0 Å². The predicted molar refractivity (Wildman–Crippen MR) is 90.7 cm³/mol. The van der Waals surface area contributed by atoms with Crippen LogP contribution in [0.4, 0.5) is 22.0 Å². The molecular formula is C18H19F5N2O4. The maximum atomic E-state index is 13.7. The summed E-state index contributed by atoms with van der Waals surface area (Å²) in [5.41, 5.74) is -1.77. The fraction of sp³-hybridized carbons (Fsp3) is 0.500. The molecule has 1 aromatic rings. The Bertz CT molecular complexity index is 845. The van der Waals surface area contributed by atoms with Gasteiger partial charge in [0, 0.05) is 0 Å². The summed E-state index contributed by atoms with van der Waals surface area (Å²) in [6, 6.07) is -0.554. The molecule has 2 rings (SSSR count). The van der Waals surface area contributed by atoms with Crippen LogP contribution < -0.4 is 10.1 Å². The average molecular weight is 422 g/mol. The quantitative estimate of drug-likeness (QED) is 0.260. The van der Waals surface area contributed by atoms with E-state index in [0.717, 1.165) is 0 Å². The van der Waals surface area contributed by atoms with Gasteiger partial charge in [-0.15, -0.1) is 0 Å². The normalized spacial score (nSPS) is 21.7. The second kappa shape index (κ2) is 8.34. The molecule has 1 amide bonds. The van der Waals surface area contributed by atoms with Crippen molar-refractivity contribution in [3.63, 3.8) is 0 Å². The van der Waals surface area contributed by atoms with Crippen LogP contribution in [0.25, 0.3) is 0 Å². The molecule has 1 aliphatic rings. The SMILES string of the molecule is CCOC1=N[C@](C)(CC(=O)Oc2c(F)c(F)c(F)c(F)c2F)C(=O)N[C@H]1C(C)C. The number of carbonyl (C=O) groups is 2. The van der Waals surface area contributed by atoms with Crippen molar-refractivity contribution in [1.29, 1.82) is 0 Å². The zero-order valence-corrected chi connectivity index (χ0v) is 16.0. The van der Waals surface area contributed by atoms with E-state index >= 15 is 0 Å². The molecule has 0 saturated heterocycles. The van der Waals surface area contributed by atoms with E-state index in [-0.39, 0.29) is 18.4 Å². The number of nitrogens with zero attached hydrogens (tertiary/aromatic N) is 1. The van der Waals surface area contributed by atoms with Gasteiger partial charge in [0.1, 0.15) is 6.04 Å². The van der Waals surface area contributed by atoms with Crippen LogP contribution in [0.1, 0.15) is 34.1 Å². The van der Waals surface area contributed by atoms with E-state index in [4.69, 9.17) is 4.74 Å². The lowest BCUT2D eigenvalue weighted by atomic mass is 9.92. The molecule has 29 heavy (non-hydrogen) atoms. The number of halogens is 5. The Kier molecular flexibility index (Phi) is 6.49. The van der Waals surface area contributed by atoms with Gasteiger partial charge in [-0.3, -0.25) is 9.59 Å². The molecular weight excluding hydrogens is 403 g/mol. The predicted octanol–water partition coefficient (Wildman–Crippen LogP) is 3.03. The summed E-state index contributed by atoms with van der Waals surface area (Å²) in [7, 11) is 0. The van der Waals surface area contributed by atoms with Crippen molar-refractivity contribution in [3.05, 3.63) is 29.1 Å². The zero-order chi connectivity index (χ0) is 22.1. The fourth-order valence-electron chi connectivity index (χ4n) is 2.67. The van der Waals surface area contributed by atoms with Gasteiger partial charge < -0.3 is 14.8 Å². The second-order valence-electron chi connectivity index (χ2n) is 6.90. The van der Waals surface area contributed by atoms with E-state index in [9.17, 15) is 31.5 Å². The number of aliphatic imine (C=N–C) groups is 1. The Morgan fingerprint density at radius 1 is 1.10 bits per heavy atom. The molecule has 0 aliphatic carbocycles. The number of esters is 1. The van der Waals surface area contributed by atoms with Crippen molar-refractivity contribution in [1.82, 2.24) is 5.32 Å². The molecule has 0 bridgehead atoms. The maximum Gasteiger partial charge on any atom is 0.314 e. The molecule has 0 unspecified atom stereocenters. The Labute approximate surface area is 163 Å². The van der Waals surface area contributed by atoms with Crippen LogP contribution in [0.2, 0.25) is 0 Å². The lowest BCUT2D eigenvalue weighted by Crippen LogP contribution is -2.58. The number of hydrogen-bond acceptors (Lipinski definition) is 5. The third-order valence-corrected chi connectivity index (χ3v) is 4.23. The molecule has 160 valence electrons. The van der Waals surface area contributed by atoms with E-state index in [1.807, 2.05) is 0 Å². The summed E-state index contributed by atoms with van der Waals surface area (Å²) in [6.45, 7) is 6.77. The highest BCUT2D eigenvalue weighted by molar-refractivity contribution is 6.00. The topological polar surface area (TPSA) is 77.0 Å². The first-order valence-electron chi connectivity index (χ1n) is 8.68. The molecule has 11 heteroatoms. The smallest absolute Gasteiger partial charge is 0.314 e. The number of nitrogens with one attached hydrogen (secondary N) is 1. The standard InChI is InChI=1S/C18H19F5N2O4/c1-5-28-16-14(7(2)3)24-17(27)18(4,25-16)6-8(26)29-15-12(22)10(20)9(19)11(21)13(15)23/h7,14H,5-6H2,1-4H3,(H,24,27)/t14-,18+/m0/s1. The Morgan fingerprint density at radius 3 is 2.10 bits per heavy atom. The van der Waals surface area contributed by atoms with Gasteiger partial charge in [0.25, 0.3) is 0 Å². The van der Waals surface area contributed by atoms with Crippen molar-refractivity contribution >= 4 is 17.8 Å². The largest absolute Gasteiger partial charge is 0.480 e. The van der Waals surface area contributed by atoms with Gasteiger partial charge in [-0.05, 0) is 19.8 Å². The first-order chi connectivity index (χ1) is 13.4. The highest BCUT2D eigenvalue weighted by atomic mass is 19.2. The fourth-order valence-corrected chi connectivity index (χ4v) is 2.67. The number of rotatable bonds is 5. The number of ether oxygens (including phenoxy) is 2. The van der Waals surface area contributed by atoms with Crippen molar-refractivity contribution in [3.8, 4) is 5.75 Å². The van der Waals surface area contributed by atoms with E-state index in [1.165, 1.54) is 6.92 Å². The second-order valence-corrected chi connectivity index (χ2v) is 6.90. The molecule has 0 aromatic heterocycles. The molecule has 2 atom stereocenters. The molecule has 0 radical (unpaired) electrons. The monoisotopic (exact) mass is 422 g/mol. The lowest BCUT2D eigenvalue weighted by Gasteiger charge is -2.35. The Balaban J connectivity index is 2.32. The minimum absolute atomic E-state index is 0.0888. The summed E-state index contributed by atoms with van der Waals surface area (Å²) in [5.74, 6) is -15.3. The maximum absolute atomic E-state index is 13.7. The van der Waals surface area contributed by atoms with E-state index < -0.39 is 64.7 Å². The summed E-state index contributed by atoms with van der Waals surface area (Å²) in [4.78, 5) is 28.7. The van der Waals surface area contributed by atoms with Gasteiger partial charge in [-0.2, -0.15) is 8.78 Å². The van der Waals surface area contributed by atoms with Gasteiger partial charge in [0.05, 0.1) is 13.0 Å². The van der Waals surface area contributed by atoms with Crippen molar-refractivity contribution in [2.75, 3.05) is 6.61 Å². The minimum Gasteiger partial charge on any atom is -0.480 e. The number of hydrogen-bond donors (Lipinski definition) is 1. The molecule has 1 aromatic carbocycles. The van der Waals surface area contributed by atoms with Crippen molar-refractivity contribution in [2.24, 2.45) is 10.9 Å². The zero-order valence-electron chi connectivity index (χ0n) is 16.0. The van der Waals surface area contributed by atoms with E-state index in [1.54, 1.807) is 20.8 Å². The average Bonchev–Trinajstić information content (AvgIpc) is 2.64. The minimum atomic E-state index is -2.39. The van der Waals surface area contributed by atoms with Gasteiger partial charge >= 0.3 is 5.97 Å². The van der Waals surface area contributed by atoms with Gasteiger partial charge in [-0.1, -0.05) is 13.8 Å². The van der Waals surface area contributed by atoms with Crippen molar-refractivity contribution in [2.45, 2.75) is 45.7 Å². The summed E-state index contributed by atoms with van der Waals surface area (Å²) in [6.07, 6.45) is -0.834. The van der Waals surface area contributed by atoms with Crippen LogP contribution in [-0.2, 0) is 14.3 Å². The Hall–Kier alpha value is -2.72. The third kappa shape index (κ3) is 4.33. The molecule has 1 N–H and O–H groups in total. The van der Waals surface area contributed by atoms with Gasteiger partial charge in [-0.25, -0.2) is 18.2 Å². The number of carbonyl (C=O) groups excluding carboxylic acids is 2. The van der Waals surface area contributed by atoms with E-state index in [0.29, 0.717) is 0 Å². The Morgan fingerprint density at radius 2 is 1.62 bits per heavy atom. The van der Waals surface area contributed by atoms with Gasteiger partial charge in [0.2, 0.25) is 46.6 Å². The number of benzene rings is 1.